The molecule has 0 saturated carbocycles. The lowest BCUT2D eigenvalue weighted by Crippen LogP contribution is -2.34. The van der Waals surface area contributed by atoms with Crippen molar-refractivity contribution >= 4 is 15.9 Å². The normalized spacial score (nSPS) is 13.2. The number of likely N-dealkylation sites (N-methyl/N-ethyl adjacent to an activating group) is 1. The molecule has 2 rings (SSSR count). The van der Waals surface area contributed by atoms with Gasteiger partial charge in [0.2, 0.25) is 5.09 Å². The minimum atomic E-state index is -3.71. The number of nitrogens with zero attached hydrogens (tertiary/aromatic N) is 1. The maximum Gasteiger partial charge on any atom is 0.287 e. The minimum absolute atomic E-state index is 0.0734. The Morgan fingerprint density at radius 1 is 1.30 bits per heavy atom. The minimum Gasteiger partial charge on any atom is -0.468 e. The lowest BCUT2D eigenvalue weighted by molar-refractivity contribution is 0.0906. The number of rotatable bonds is 7. The highest BCUT2D eigenvalue weighted by atomic mass is 32.2. The van der Waals surface area contributed by atoms with Gasteiger partial charge >= 0.3 is 0 Å². The van der Waals surface area contributed by atoms with Crippen LogP contribution in [-0.4, -0.2) is 46.9 Å². The van der Waals surface area contributed by atoms with Gasteiger partial charge in [0.15, 0.2) is 5.76 Å². The predicted molar refractivity (Wildman–Crippen MR) is 82.4 cm³/mol. The third kappa shape index (κ3) is 4.01. The summed E-state index contributed by atoms with van der Waals surface area (Å²) < 4.78 is 35.7. The van der Waals surface area contributed by atoms with Crippen molar-refractivity contribution in [3.63, 3.8) is 0 Å². The van der Waals surface area contributed by atoms with Crippen molar-refractivity contribution in [1.82, 2.24) is 14.9 Å². The zero-order valence-electron chi connectivity index (χ0n) is 13.1. The Bertz CT molecular complexity index is 749. The van der Waals surface area contributed by atoms with Crippen molar-refractivity contribution in [2.75, 3.05) is 27.7 Å². The standard InChI is InChI=1S/C14H19N3O5S/c1-15-23(19,20)13-7-6-12(22-13)14(18)16-9-10(17(2)3)11-5-4-8-21-11/h4-8,10,15H,9H2,1-3H3,(H,16,18)/t10-/m1/s1. The number of hydrogen-bond acceptors (Lipinski definition) is 6. The van der Waals surface area contributed by atoms with Crippen molar-refractivity contribution in [3.8, 4) is 0 Å². The molecule has 0 aliphatic heterocycles. The molecule has 0 aliphatic carbocycles. The Kier molecular flexibility index (Phi) is 5.24. The molecule has 0 unspecified atom stereocenters. The van der Waals surface area contributed by atoms with Crippen LogP contribution in [-0.2, 0) is 10.0 Å². The fraction of sp³-hybridized carbons (Fsp3) is 0.357. The molecule has 2 aromatic heterocycles. The van der Waals surface area contributed by atoms with E-state index in [0.717, 1.165) is 0 Å². The van der Waals surface area contributed by atoms with Gasteiger partial charge in [0.05, 0.1) is 12.3 Å². The molecule has 8 nitrogen and oxygen atoms in total. The van der Waals surface area contributed by atoms with E-state index in [4.69, 9.17) is 8.83 Å². The lowest BCUT2D eigenvalue weighted by atomic mass is 10.2. The first-order valence-corrected chi connectivity index (χ1v) is 8.35. The summed E-state index contributed by atoms with van der Waals surface area (Å²) in [6, 6.07) is 5.99. The molecule has 2 aromatic rings. The summed E-state index contributed by atoms with van der Waals surface area (Å²) in [6.07, 6.45) is 1.56. The SMILES string of the molecule is CNS(=O)(=O)c1ccc(C(=O)NC[C@H](c2ccco2)N(C)C)o1. The average molecular weight is 341 g/mol. The van der Waals surface area contributed by atoms with Crippen LogP contribution >= 0.6 is 0 Å². The van der Waals surface area contributed by atoms with Gasteiger partial charge in [-0.2, -0.15) is 0 Å². The molecule has 0 bridgehead atoms. The van der Waals surface area contributed by atoms with Gasteiger partial charge < -0.3 is 14.2 Å². The zero-order chi connectivity index (χ0) is 17.0. The number of carbonyl (C=O) groups excluding carboxylic acids is 1. The third-order valence-corrected chi connectivity index (χ3v) is 4.58. The first kappa shape index (κ1) is 17.3. The van der Waals surface area contributed by atoms with Crippen molar-refractivity contribution in [2.45, 2.75) is 11.1 Å². The van der Waals surface area contributed by atoms with E-state index in [1.807, 2.05) is 25.1 Å². The van der Waals surface area contributed by atoms with Gasteiger partial charge in [-0.05, 0) is 45.4 Å². The van der Waals surface area contributed by atoms with E-state index in [-0.39, 0.29) is 23.4 Å². The van der Waals surface area contributed by atoms with Crippen LogP contribution in [0.2, 0.25) is 0 Å². The predicted octanol–water partition coefficient (Wildman–Crippen LogP) is 0.813. The molecule has 1 amide bonds. The topological polar surface area (TPSA) is 105 Å². The number of hydrogen-bond donors (Lipinski definition) is 2. The summed E-state index contributed by atoms with van der Waals surface area (Å²) in [4.78, 5) is 14.0. The summed E-state index contributed by atoms with van der Waals surface area (Å²) in [6.45, 7) is 0.286. The largest absolute Gasteiger partial charge is 0.468 e. The molecule has 2 N–H and O–H groups in total. The molecular formula is C14H19N3O5S. The fourth-order valence-corrected chi connectivity index (χ4v) is 2.63. The van der Waals surface area contributed by atoms with Crippen LogP contribution in [0, 0.1) is 0 Å². The molecule has 23 heavy (non-hydrogen) atoms. The highest BCUT2D eigenvalue weighted by Crippen LogP contribution is 2.18. The van der Waals surface area contributed by atoms with Gasteiger partial charge in [0.25, 0.3) is 15.9 Å². The molecule has 0 aromatic carbocycles. The summed E-state index contributed by atoms with van der Waals surface area (Å²) in [5.74, 6) is 0.143. The van der Waals surface area contributed by atoms with E-state index in [1.165, 1.54) is 19.2 Å². The van der Waals surface area contributed by atoms with Crippen molar-refractivity contribution < 1.29 is 22.0 Å². The highest BCUT2D eigenvalue weighted by Gasteiger charge is 2.22. The molecule has 2 heterocycles. The maximum atomic E-state index is 12.1. The highest BCUT2D eigenvalue weighted by molar-refractivity contribution is 7.89. The lowest BCUT2D eigenvalue weighted by Gasteiger charge is -2.22. The van der Waals surface area contributed by atoms with Crippen LogP contribution in [0.3, 0.4) is 0 Å². The van der Waals surface area contributed by atoms with Crippen LogP contribution in [0.25, 0.3) is 0 Å². The molecule has 0 spiro atoms. The molecular weight excluding hydrogens is 322 g/mol. The van der Waals surface area contributed by atoms with Crippen LogP contribution in [0.1, 0.15) is 22.4 Å². The second kappa shape index (κ2) is 6.99. The fourth-order valence-electron chi connectivity index (χ4n) is 1.98. The quantitative estimate of drug-likeness (QED) is 0.772. The Morgan fingerprint density at radius 2 is 2.04 bits per heavy atom. The number of carbonyl (C=O) groups is 1. The Balaban J connectivity index is 2.05. The average Bonchev–Trinajstić information content (AvgIpc) is 3.18. The Morgan fingerprint density at radius 3 is 2.61 bits per heavy atom. The Labute approximate surface area is 134 Å². The monoisotopic (exact) mass is 341 g/mol. The van der Waals surface area contributed by atoms with Crippen molar-refractivity contribution in [1.29, 1.82) is 0 Å². The molecule has 126 valence electrons. The first-order chi connectivity index (χ1) is 10.8. The first-order valence-electron chi connectivity index (χ1n) is 6.86. The second-order valence-electron chi connectivity index (χ2n) is 5.03. The molecule has 1 atom stereocenters. The zero-order valence-corrected chi connectivity index (χ0v) is 13.9. The summed E-state index contributed by atoms with van der Waals surface area (Å²) in [5, 5.41) is 2.40. The van der Waals surface area contributed by atoms with Crippen LogP contribution in [0.5, 0.6) is 0 Å². The van der Waals surface area contributed by atoms with Gasteiger partial charge in [-0.25, -0.2) is 13.1 Å². The van der Waals surface area contributed by atoms with Crippen molar-refractivity contribution in [3.05, 3.63) is 42.0 Å². The van der Waals surface area contributed by atoms with Crippen LogP contribution in [0.4, 0.5) is 0 Å². The number of amides is 1. The Hall–Kier alpha value is -2.10. The number of furan rings is 2. The van der Waals surface area contributed by atoms with Crippen molar-refractivity contribution in [2.24, 2.45) is 0 Å². The molecule has 0 fully saturated rings. The van der Waals surface area contributed by atoms with E-state index in [1.54, 1.807) is 12.3 Å². The third-order valence-electron chi connectivity index (χ3n) is 3.29. The van der Waals surface area contributed by atoms with Gasteiger partial charge in [-0.3, -0.25) is 9.69 Å². The van der Waals surface area contributed by atoms with E-state index >= 15 is 0 Å². The van der Waals surface area contributed by atoms with Gasteiger partial charge in [0.1, 0.15) is 5.76 Å². The number of sulfonamides is 1. The van der Waals surface area contributed by atoms with E-state index in [2.05, 4.69) is 10.0 Å². The summed E-state index contributed by atoms with van der Waals surface area (Å²) in [5.41, 5.74) is 0. The molecule has 9 heteroatoms. The van der Waals surface area contributed by atoms with E-state index in [9.17, 15) is 13.2 Å². The van der Waals surface area contributed by atoms with Gasteiger partial charge in [-0.15, -0.1) is 0 Å². The molecule has 0 saturated heterocycles. The van der Waals surface area contributed by atoms with Crippen LogP contribution in [0.15, 0.2) is 44.5 Å². The van der Waals surface area contributed by atoms with Gasteiger partial charge in [-0.1, -0.05) is 0 Å². The second-order valence-corrected chi connectivity index (χ2v) is 6.85. The smallest absolute Gasteiger partial charge is 0.287 e. The summed E-state index contributed by atoms with van der Waals surface area (Å²) >= 11 is 0. The summed E-state index contributed by atoms with van der Waals surface area (Å²) in [7, 11) is 1.29. The van der Waals surface area contributed by atoms with Gasteiger partial charge in [0, 0.05) is 6.54 Å². The van der Waals surface area contributed by atoms with Crippen LogP contribution < -0.4 is 10.0 Å². The maximum absolute atomic E-state index is 12.1. The molecule has 0 radical (unpaired) electrons. The molecule has 0 aliphatic rings. The number of nitrogens with one attached hydrogen (secondary N) is 2. The van der Waals surface area contributed by atoms with E-state index in [0.29, 0.717) is 5.76 Å². The van der Waals surface area contributed by atoms with E-state index < -0.39 is 15.9 Å².